The molecule has 21 heavy (non-hydrogen) atoms. The Bertz CT molecular complexity index is 469. The highest BCUT2D eigenvalue weighted by Gasteiger charge is 2.21. The van der Waals surface area contributed by atoms with E-state index in [9.17, 15) is 9.90 Å². The first-order chi connectivity index (χ1) is 10.1. The number of aliphatic hydroxyl groups is 1. The second-order valence-corrected chi connectivity index (χ2v) is 5.93. The molecule has 1 aromatic carbocycles. The fourth-order valence-electron chi connectivity index (χ4n) is 3.21. The minimum atomic E-state index is -0.358. The Hall–Kier alpha value is -1.55. The molecular formula is C17H25NO3. The quantitative estimate of drug-likeness (QED) is 0.819. The molecule has 1 aromatic rings. The number of ether oxygens (including phenoxy) is 1. The van der Waals surface area contributed by atoms with Crippen molar-refractivity contribution in [1.29, 1.82) is 0 Å². The van der Waals surface area contributed by atoms with E-state index in [4.69, 9.17) is 4.74 Å². The van der Waals surface area contributed by atoms with E-state index in [1.165, 1.54) is 32.8 Å². The number of carbonyl (C=O) groups excluding carboxylic acids is 1. The van der Waals surface area contributed by atoms with Crippen molar-refractivity contribution in [2.45, 2.75) is 38.2 Å². The summed E-state index contributed by atoms with van der Waals surface area (Å²) in [4.78, 5) is 13.7. The SMILES string of the molecule is COC(=O)c1ccccc1N(C)CC(O)CC1CCCC1. The maximum atomic E-state index is 11.8. The normalized spacial score (nSPS) is 16.7. The van der Waals surface area contributed by atoms with Gasteiger partial charge < -0.3 is 14.7 Å². The molecule has 1 saturated carbocycles. The first-order valence-corrected chi connectivity index (χ1v) is 7.68. The number of esters is 1. The second kappa shape index (κ2) is 7.46. The molecule has 0 radical (unpaired) electrons. The number of hydrogen-bond acceptors (Lipinski definition) is 4. The number of methoxy groups -OCH3 is 1. The molecule has 0 aliphatic heterocycles. The summed E-state index contributed by atoms with van der Waals surface area (Å²) in [6.07, 6.45) is 5.55. The standard InChI is InChI=1S/C17H25NO3/c1-18(12-14(19)11-13-7-3-4-8-13)16-10-6-5-9-15(16)17(20)21-2/h5-6,9-10,13-14,19H,3-4,7-8,11-12H2,1-2H3. The molecule has 1 unspecified atom stereocenters. The Morgan fingerprint density at radius 3 is 2.71 bits per heavy atom. The maximum Gasteiger partial charge on any atom is 0.339 e. The van der Waals surface area contributed by atoms with Crippen LogP contribution in [0.15, 0.2) is 24.3 Å². The third kappa shape index (κ3) is 4.21. The van der Waals surface area contributed by atoms with Gasteiger partial charge in [-0.25, -0.2) is 4.79 Å². The molecule has 4 nitrogen and oxygen atoms in total. The van der Waals surface area contributed by atoms with Gasteiger partial charge in [-0.05, 0) is 24.5 Å². The summed E-state index contributed by atoms with van der Waals surface area (Å²) in [7, 11) is 3.29. The molecule has 1 atom stereocenters. The van der Waals surface area contributed by atoms with Gasteiger partial charge in [-0.3, -0.25) is 0 Å². The summed E-state index contributed by atoms with van der Waals surface area (Å²) >= 11 is 0. The topological polar surface area (TPSA) is 49.8 Å². The molecule has 0 spiro atoms. The lowest BCUT2D eigenvalue weighted by Gasteiger charge is -2.25. The average Bonchev–Trinajstić information content (AvgIpc) is 2.99. The molecule has 2 rings (SSSR count). The van der Waals surface area contributed by atoms with Gasteiger partial charge in [0, 0.05) is 13.6 Å². The predicted molar refractivity (Wildman–Crippen MR) is 83.6 cm³/mol. The van der Waals surface area contributed by atoms with Gasteiger partial charge in [0.2, 0.25) is 0 Å². The Morgan fingerprint density at radius 1 is 1.38 bits per heavy atom. The number of carbonyl (C=O) groups is 1. The Kier molecular flexibility index (Phi) is 5.62. The van der Waals surface area contributed by atoms with Gasteiger partial charge in [0.1, 0.15) is 0 Å². The van der Waals surface area contributed by atoms with Gasteiger partial charge in [-0.1, -0.05) is 37.8 Å². The van der Waals surface area contributed by atoms with Crippen LogP contribution in [0.5, 0.6) is 0 Å². The summed E-state index contributed by atoms with van der Waals surface area (Å²) in [6.45, 7) is 0.532. The summed E-state index contributed by atoms with van der Waals surface area (Å²) in [6, 6.07) is 7.34. The smallest absolute Gasteiger partial charge is 0.339 e. The highest BCUT2D eigenvalue weighted by atomic mass is 16.5. The van der Waals surface area contributed by atoms with Gasteiger partial charge in [-0.15, -0.1) is 0 Å². The van der Waals surface area contributed by atoms with E-state index in [1.54, 1.807) is 6.07 Å². The van der Waals surface area contributed by atoms with Gasteiger partial charge in [-0.2, -0.15) is 0 Å². The zero-order valence-electron chi connectivity index (χ0n) is 12.9. The number of nitrogens with zero attached hydrogens (tertiary/aromatic N) is 1. The van der Waals surface area contributed by atoms with Crippen molar-refractivity contribution < 1.29 is 14.6 Å². The van der Waals surface area contributed by atoms with Crippen LogP contribution in [0.25, 0.3) is 0 Å². The fraction of sp³-hybridized carbons (Fsp3) is 0.588. The largest absolute Gasteiger partial charge is 0.465 e. The molecule has 1 aliphatic carbocycles. The zero-order chi connectivity index (χ0) is 15.2. The van der Waals surface area contributed by atoms with E-state index in [-0.39, 0.29) is 12.1 Å². The Labute approximate surface area is 126 Å². The number of aliphatic hydroxyl groups excluding tert-OH is 1. The second-order valence-electron chi connectivity index (χ2n) is 5.93. The molecule has 1 fully saturated rings. The minimum Gasteiger partial charge on any atom is -0.465 e. The summed E-state index contributed by atoms with van der Waals surface area (Å²) in [5.41, 5.74) is 1.34. The van der Waals surface area contributed by atoms with Gasteiger partial charge >= 0.3 is 5.97 Å². The monoisotopic (exact) mass is 291 g/mol. The fourth-order valence-corrected chi connectivity index (χ4v) is 3.21. The van der Waals surface area contributed by atoms with Crippen LogP contribution in [0.4, 0.5) is 5.69 Å². The summed E-state index contributed by atoms with van der Waals surface area (Å²) in [5, 5.41) is 10.3. The lowest BCUT2D eigenvalue weighted by molar-refractivity contribution is 0.0601. The number of likely N-dealkylation sites (N-methyl/N-ethyl adjacent to an activating group) is 1. The highest BCUT2D eigenvalue weighted by molar-refractivity contribution is 5.95. The Balaban J connectivity index is 1.99. The van der Waals surface area contributed by atoms with Crippen LogP contribution in [-0.4, -0.2) is 37.9 Å². The van der Waals surface area contributed by atoms with Crippen LogP contribution >= 0.6 is 0 Å². The highest BCUT2D eigenvalue weighted by Crippen LogP contribution is 2.29. The lowest BCUT2D eigenvalue weighted by Crippen LogP contribution is -2.31. The number of benzene rings is 1. The van der Waals surface area contributed by atoms with Crippen LogP contribution in [0, 0.1) is 5.92 Å². The molecule has 1 N–H and O–H groups in total. The van der Waals surface area contributed by atoms with E-state index in [0.717, 1.165) is 12.1 Å². The first kappa shape index (κ1) is 15.8. The number of anilines is 1. The number of rotatable bonds is 6. The average molecular weight is 291 g/mol. The van der Waals surface area contributed by atoms with E-state index < -0.39 is 0 Å². The number of para-hydroxylation sites is 1. The van der Waals surface area contributed by atoms with Crippen LogP contribution in [0.1, 0.15) is 42.5 Å². The van der Waals surface area contributed by atoms with Crippen molar-refractivity contribution >= 4 is 11.7 Å². The lowest BCUT2D eigenvalue weighted by atomic mass is 9.99. The van der Waals surface area contributed by atoms with Crippen molar-refractivity contribution in [3.05, 3.63) is 29.8 Å². The van der Waals surface area contributed by atoms with E-state index in [1.807, 2.05) is 30.1 Å². The van der Waals surface area contributed by atoms with Crippen LogP contribution in [-0.2, 0) is 4.74 Å². The summed E-state index contributed by atoms with van der Waals surface area (Å²) < 4.78 is 4.81. The molecule has 4 heteroatoms. The van der Waals surface area contributed by atoms with E-state index in [0.29, 0.717) is 18.0 Å². The first-order valence-electron chi connectivity index (χ1n) is 7.68. The predicted octanol–water partition coefficient (Wildman–Crippen LogP) is 2.85. The number of hydrogen-bond donors (Lipinski definition) is 1. The molecule has 0 aromatic heterocycles. The Morgan fingerprint density at radius 2 is 2.05 bits per heavy atom. The van der Waals surface area contributed by atoms with Crippen LogP contribution in [0.3, 0.4) is 0 Å². The molecule has 0 bridgehead atoms. The van der Waals surface area contributed by atoms with E-state index in [2.05, 4.69) is 0 Å². The molecule has 0 heterocycles. The summed E-state index contributed by atoms with van der Waals surface area (Å²) in [5.74, 6) is 0.312. The molecule has 1 aliphatic rings. The van der Waals surface area contributed by atoms with Gasteiger partial charge in [0.05, 0.1) is 24.5 Å². The zero-order valence-corrected chi connectivity index (χ0v) is 12.9. The molecular weight excluding hydrogens is 266 g/mol. The van der Waals surface area contributed by atoms with Crippen LogP contribution < -0.4 is 4.90 Å². The van der Waals surface area contributed by atoms with Crippen LogP contribution in [0.2, 0.25) is 0 Å². The molecule has 116 valence electrons. The van der Waals surface area contributed by atoms with Crippen molar-refractivity contribution in [1.82, 2.24) is 0 Å². The van der Waals surface area contributed by atoms with E-state index >= 15 is 0 Å². The maximum absolute atomic E-state index is 11.8. The van der Waals surface area contributed by atoms with Crippen molar-refractivity contribution in [2.24, 2.45) is 5.92 Å². The van der Waals surface area contributed by atoms with Crippen molar-refractivity contribution in [3.8, 4) is 0 Å². The minimum absolute atomic E-state index is 0.345. The molecule has 0 saturated heterocycles. The van der Waals surface area contributed by atoms with Gasteiger partial charge in [0.15, 0.2) is 0 Å². The third-order valence-electron chi connectivity index (χ3n) is 4.29. The third-order valence-corrected chi connectivity index (χ3v) is 4.29. The van der Waals surface area contributed by atoms with Crippen molar-refractivity contribution in [3.63, 3.8) is 0 Å². The van der Waals surface area contributed by atoms with Gasteiger partial charge in [0.25, 0.3) is 0 Å². The molecule has 0 amide bonds. The van der Waals surface area contributed by atoms with Crippen molar-refractivity contribution in [2.75, 3.05) is 25.6 Å².